The van der Waals surface area contributed by atoms with Gasteiger partial charge in [0.2, 0.25) is 5.82 Å². The number of nitro groups is 1. The van der Waals surface area contributed by atoms with Crippen LogP contribution in [0.4, 0.5) is 15.8 Å². The summed E-state index contributed by atoms with van der Waals surface area (Å²) in [7, 11) is 0. The van der Waals surface area contributed by atoms with Crippen LogP contribution in [-0.2, 0) is 6.54 Å². The van der Waals surface area contributed by atoms with E-state index in [-0.39, 0.29) is 0 Å². The summed E-state index contributed by atoms with van der Waals surface area (Å²) in [5.74, 6) is -0.838. The number of nitrogens with one attached hydrogen (secondary N) is 1. The average Bonchev–Trinajstić information content (AvgIpc) is 2.80. The van der Waals surface area contributed by atoms with Gasteiger partial charge in [-0.1, -0.05) is 0 Å². The Morgan fingerprint density at radius 2 is 2.35 bits per heavy atom. The van der Waals surface area contributed by atoms with Crippen LogP contribution in [0, 0.1) is 15.9 Å². The van der Waals surface area contributed by atoms with Gasteiger partial charge >= 0.3 is 5.69 Å². The second-order valence-corrected chi connectivity index (χ2v) is 4.18. The summed E-state index contributed by atoms with van der Waals surface area (Å²) in [4.78, 5) is 13.8. The molecular weight excluding hydrogens is 245 g/mol. The van der Waals surface area contributed by atoms with Gasteiger partial charge in [-0.3, -0.25) is 10.1 Å². The van der Waals surface area contributed by atoms with Crippen LogP contribution < -0.4 is 5.32 Å². The zero-order valence-electron chi connectivity index (χ0n) is 8.59. The number of rotatable bonds is 4. The van der Waals surface area contributed by atoms with Gasteiger partial charge in [-0.2, -0.15) is 4.39 Å². The van der Waals surface area contributed by atoms with Crippen LogP contribution in [0.2, 0.25) is 0 Å². The SMILES string of the molecule is O=[N+]([O-])c1cc(NCc2nccs2)ccc1F. The molecule has 17 heavy (non-hydrogen) atoms. The van der Waals surface area contributed by atoms with Crippen molar-refractivity contribution < 1.29 is 9.31 Å². The van der Waals surface area contributed by atoms with Crippen molar-refractivity contribution in [2.75, 3.05) is 5.32 Å². The lowest BCUT2D eigenvalue weighted by molar-refractivity contribution is -0.387. The van der Waals surface area contributed by atoms with Gasteiger partial charge in [0, 0.05) is 23.3 Å². The van der Waals surface area contributed by atoms with E-state index in [9.17, 15) is 14.5 Å². The molecule has 0 aliphatic heterocycles. The molecule has 0 bridgehead atoms. The van der Waals surface area contributed by atoms with Gasteiger partial charge < -0.3 is 5.32 Å². The predicted molar refractivity (Wildman–Crippen MR) is 62.5 cm³/mol. The Hall–Kier alpha value is -2.02. The van der Waals surface area contributed by atoms with Crippen LogP contribution in [0.5, 0.6) is 0 Å². The molecule has 2 aromatic rings. The van der Waals surface area contributed by atoms with Gasteiger partial charge in [0.25, 0.3) is 0 Å². The fraction of sp³-hybridized carbons (Fsp3) is 0.100. The fourth-order valence-electron chi connectivity index (χ4n) is 1.28. The second-order valence-electron chi connectivity index (χ2n) is 3.20. The number of nitro benzene ring substituents is 1. The number of benzene rings is 1. The Balaban J connectivity index is 2.11. The highest BCUT2D eigenvalue weighted by Gasteiger charge is 2.14. The number of aromatic nitrogens is 1. The molecule has 0 fully saturated rings. The minimum Gasteiger partial charge on any atom is -0.378 e. The second kappa shape index (κ2) is 4.88. The van der Waals surface area contributed by atoms with Gasteiger partial charge in [-0.15, -0.1) is 11.3 Å². The molecule has 88 valence electrons. The summed E-state index contributed by atoms with van der Waals surface area (Å²) in [5.41, 5.74) is -0.0394. The van der Waals surface area contributed by atoms with E-state index in [1.165, 1.54) is 23.5 Å². The Kier molecular flexibility index (Phi) is 3.29. The average molecular weight is 253 g/mol. The van der Waals surface area contributed by atoms with Crippen LogP contribution in [0.25, 0.3) is 0 Å². The first-order valence-corrected chi connectivity index (χ1v) is 5.61. The first kappa shape index (κ1) is 11.5. The van der Waals surface area contributed by atoms with E-state index in [2.05, 4.69) is 10.3 Å². The summed E-state index contributed by atoms with van der Waals surface area (Å²) in [6, 6.07) is 3.70. The lowest BCUT2D eigenvalue weighted by atomic mass is 10.2. The van der Waals surface area contributed by atoms with Crippen LogP contribution in [0.3, 0.4) is 0 Å². The minimum absolute atomic E-state index is 0.459. The molecule has 0 spiro atoms. The molecule has 1 aromatic carbocycles. The first-order valence-electron chi connectivity index (χ1n) is 4.73. The van der Waals surface area contributed by atoms with Gasteiger partial charge in [0.1, 0.15) is 5.01 Å². The summed E-state index contributed by atoms with van der Waals surface area (Å²) < 4.78 is 13.1. The maximum Gasteiger partial charge on any atom is 0.306 e. The van der Waals surface area contributed by atoms with Crippen LogP contribution >= 0.6 is 11.3 Å². The van der Waals surface area contributed by atoms with Gasteiger partial charge in [0.15, 0.2) is 0 Å². The number of nitrogens with zero attached hydrogens (tertiary/aromatic N) is 2. The van der Waals surface area contributed by atoms with Crippen molar-refractivity contribution in [2.24, 2.45) is 0 Å². The lowest BCUT2D eigenvalue weighted by Gasteiger charge is -2.04. The van der Waals surface area contributed by atoms with Crippen molar-refractivity contribution in [3.05, 3.63) is 50.7 Å². The van der Waals surface area contributed by atoms with Crippen molar-refractivity contribution in [3.63, 3.8) is 0 Å². The fourth-order valence-corrected chi connectivity index (χ4v) is 1.84. The molecule has 7 heteroatoms. The largest absolute Gasteiger partial charge is 0.378 e. The zero-order chi connectivity index (χ0) is 12.3. The molecule has 1 aromatic heterocycles. The smallest absolute Gasteiger partial charge is 0.306 e. The highest BCUT2D eigenvalue weighted by atomic mass is 32.1. The van der Waals surface area contributed by atoms with Crippen molar-refractivity contribution in [1.29, 1.82) is 0 Å². The maximum absolute atomic E-state index is 13.1. The van der Waals surface area contributed by atoms with Crippen molar-refractivity contribution in [2.45, 2.75) is 6.54 Å². The number of hydrogen-bond acceptors (Lipinski definition) is 5. The first-order chi connectivity index (χ1) is 8.16. The molecule has 0 radical (unpaired) electrons. The Labute approximate surface area is 100 Å². The summed E-state index contributed by atoms with van der Waals surface area (Å²) >= 11 is 1.47. The van der Waals surface area contributed by atoms with E-state index in [0.29, 0.717) is 12.2 Å². The summed E-state index contributed by atoms with van der Waals surface area (Å²) in [5, 5.41) is 16.2. The van der Waals surface area contributed by atoms with Gasteiger partial charge in [-0.05, 0) is 12.1 Å². The summed E-state index contributed by atoms with van der Waals surface area (Å²) in [6.07, 6.45) is 1.68. The summed E-state index contributed by atoms with van der Waals surface area (Å²) in [6.45, 7) is 0.459. The van der Waals surface area contributed by atoms with E-state index in [0.717, 1.165) is 11.1 Å². The Bertz CT molecular complexity index is 530. The van der Waals surface area contributed by atoms with E-state index >= 15 is 0 Å². The molecular formula is C10H8FN3O2S. The van der Waals surface area contributed by atoms with Crippen LogP contribution in [0.1, 0.15) is 5.01 Å². The predicted octanol–water partition coefficient (Wildman–Crippen LogP) is 2.80. The zero-order valence-corrected chi connectivity index (χ0v) is 9.41. The highest BCUT2D eigenvalue weighted by Crippen LogP contribution is 2.22. The third-order valence-corrected chi connectivity index (χ3v) is 2.85. The third kappa shape index (κ3) is 2.76. The quantitative estimate of drug-likeness (QED) is 0.672. The van der Waals surface area contributed by atoms with E-state index < -0.39 is 16.4 Å². The molecule has 0 atom stereocenters. The normalized spacial score (nSPS) is 10.2. The minimum atomic E-state index is -0.838. The maximum atomic E-state index is 13.1. The Morgan fingerprint density at radius 3 is 3.00 bits per heavy atom. The van der Waals surface area contributed by atoms with Gasteiger partial charge in [-0.25, -0.2) is 4.98 Å². The van der Waals surface area contributed by atoms with Crippen LogP contribution in [-0.4, -0.2) is 9.91 Å². The molecule has 0 aliphatic carbocycles. The molecule has 0 saturated carbocycles. The van der Waals surface area contributed by atoms with E-state index in [4.69, 9.17) is 0 Å². The molecule has 1 N–H and O–H groups in total. The Morgan fingerprint density at radius 1 is 1.53 bits per heavy atom. The molecule has 0 amide bonds. The lowest BCUT2D eigenvalue weighted by Crippen LogP contribution is -2.00. The highest BCUT2D eigenvalue weighted by molar-refractivity contribution is 7.09. The van der Waals surface area contributed by atoms with Crippen molar-refractivity contribution in [3.8, 4) is 0 Å². The molecule has 5 nitrogen and oxygen atoms in total. The van der Waals surface area contributed by atoms with E-state index in [1.54, 1.807) is 6.20 Å². The topological polar surface area (TPSA) is 68.1 Å². The molecule has 0 aliphatic rings. The van der Waals surface area contributed by atoms with Crippen molar-refractivity contribution in [1.82, 2.24) is 4.98 Å². The van der Waals surface area contributed by atoms with Crippen molar-refractivity contribution >= 4 is 22.7 Å². The molecule has 2 rings (SSSR count). The molecule has 0 saturated heterocycles. The van der Waals surface area contributed by atoms with Crippen LogP contribution in [0.15, 0.2) is 29.8 Å². The van der Waals surface area contributed by atoms with Gasteiger partial charge in [0.05, 0.1) is 11.5 Å². The number of thiazole rings is 1. The number of anilines is 1. The molecule has 1 heterocycles. The number of hydrogen-bond donors (Lipinski definition) is 1. The van der Waals surface area contributed by atoms with E-state index in [1.807, 2.05) is 5.38 Å². The monoisotopic (exact) mass is 253 g/mol. The third-order valence-electron chi connectivity index (χ3n) is 2.07. The molecule has 0 unspecified atom stereocenters. The standard InChI is InChI=1S/C10H8FN3O2S/c11-8-2-1-7(5-9(8)14(15)16)13-6-10-12-3-4-17-10/h1-5,13H,6H2. The number of halogens is 1.